The predicted octanol–water partition coefficient (Wildman–Crippen LogP) is 5.11. The molecule has 13 heteroatoms. The molecule has 0 spiro atoms. The van der Waals surface area contributed by atoms with Crippen molar-refractivity contribution < 1.29 is 9.85 Å². The standard InChI is InChI=1S/C8H10ClN3O2.C5H2Cl2N2O2.C3H9N/c1-5(2)11-6-3-8(9)10-4-7(6)12(13)14;6-3-1-5(7)8-2-4(3)9(10)11;1-3(2)4/h3-5H,1-2H3,(H,10,11);1-2H;3H,4H2,1-2H3. The fourth-order valence-corrected chi connectivity index (χ4v) is 2.12. The number of halogens is 3. The molecule has 0 aliphatic heterocycles. The van der Waals surface area contributed by atoms with E-state index in [1.165, 1.54) is 12.1 Å². The number of hydrogen-bond acceptors (Lipinski definition) is 8. The molecule has 2 aromatic heterocycles. The molecule has 29 heavy (non-hydrogen) atoms. The Bertz CT molecular complexity index is 834. The van der Waals surface area contributed by atoms with Crippen molar-refractivity contribution in [3.8, 4) is 0 Å². The molecule has 2 heterocycles. The second kappa shape index (κ2) is 13.0. The van der Waals surface area contributed by atoms with Gasteiger partial charge in [-0.2, -0.15) is 0 Å². The van der Waals surface area contributed by atoms with E-state index in [1.54, 1.807) is 0 Å². The van der Waals surface area contributed by atoms with Crippen molar-refractivity contribution in [2.45, 2.75) is 39.8 Å². The van der Waals surface area contributed by atoms with Crippen molar-refractivity contribution in [1.29, 1.82) is 0 Å². The minimum atomic E-state index is -0.619. The van der Waals surface area contributed by atoms with Gasteiger partial charge in [0.05, 0.1) is 9.85 Å². The van der Waals surface area contributed by atoms with Crippen molar-refractivity contribution in [2.24, 2.45) is 5.73 Å². The molecule has 0 aromatic carbocycles. The van der Waals surface area contributed by atoms with Crippen molar-refractivity contribution in [1.82, 2.24) is 9.97 Å². The number of hydrogen-bond donors (Lipinski definition) is 2. The molecule has 0 unspecified atom stereocenters. The summed E-state index contributed by atoms with van der Waals surface area (Å²) in [5.74, 6) is 0. The van der Waals surface area contributed by atoms with Crippen molar-refractivity contribution in [2.75, 3.05) is 5.32 Å². The van der Waals surface area contributed by atoms with Gasteiger partial charge in [0.25, 0.3) is 0 Å². The largest absolute Gasteiger partial charge is 0.377 e. The molecular weight excluding hydrogens is 447 g/mol. The number of rotatable bonds is 4. The molecule has 0 radical (unpaired) electrons. The molecule has 0 aliphatic rings. The highest BCUT2D eigenvalue weighted by atomic mass is 35.5. The van der Waals surface area contributed by atoms with Crippen LogP contribution in [0.4, 0.5) is 17.1 Å². The normalized spacial score (nSPS) is 9.86. The number of nitrogens with one attached hydrogen (secondary N) is 1. The molecule has 0 fully saturated rings. The SMILES string of the molecule is CC(C)N.CC(C)Nc1cc(Cl)ncc1[N+](=O)[O-].O=[N+]([O-])c1cnc(Cl)cc1Cl. The molecule has 10 nitrogen and oxygen atoms in total. The third kappa shape index (κ3) is 11.3. The summed E-state index contributed by atoms with van der Waals surface area (Å²) in [5.41, 5.74) is 5.20. The first-order valence-corrected chi connectivity index (χ1v) is 9.26. The van der Waals surface area contributed by atoms with Gasteiger partial charge in [0.15, 0.2) is 0 Å². The lowest BCUT2D eigenvalue weighted by molar-refractivity contribution is -0.385. The van der Waals surface area contributed by atoms with Crippen LogP contribution >= 0.6 is 34.8 Å². The van der Waals surface area contributed by atoms with Crippen molar-refractivity contribution in [3.05, 3.63) is 60.1 Å². The van der Waals surface area contributed by atoms with E-state index in [9.17, 15) is 20.2 Å². The van der Waals surface area contributed by atoms with Gasteiger partial charge in [-0.3, -0.25) is 20.2 Å². The highest BCUT2D eigenvalue weighted by molar-refractivity contribution is 6.35. The van der Waals surface area contributed by atoms with E-state index >= 15 is 0 Å². The number of anilines is 1. The first-order valence-electron chi connectivity index (χ1n) is 8.12. The third-order valence-electron chi connectivity index (χ3n) is 2.49. The van der Waals surface area contributed by atoms with Gasteiger partial charge in [-0.15, -0.1) is 0 Å². The van der Waals surface area contributed by atoms with Crippen LogP contribution in [-0.2, 0) is 0 Å². The van der Waals surface area contributed by atoms with E-state index in [0.29, 0.717) is 11.7 Å². The Morgan fingerprint density at radius 1 is 0.931 bits per heavy atom. The number of aromatic nitrogens is 2. The number of pyridine rings is 2. The number of nitro groups is 2. The van der Waals surface area contributed by atoms with Crippen LogP contribution in [0.1, 0.15) is 27.7 Å². The van der Waals surface area contributed by atoms with Crippen LogP contribution in [0, 0.1) is 20.2 Å². The molecule has 3 N–H and O–H groups in total. The molecule has 160 valence electrons. The van der Waals surface area contributed by atoms with E-state index in [0.717, 1.165) is 12.4 Å². The first kappa shape index (κ1) is 26.7. The minimum absolute atomic E-state index is 0.00463. The van der Waals surface area contributed by atoms with E-state index < -0.39 is 9.85 Å². The van der Waals surface area contributed by atoms with Gasteiger partial charge in [-0.05, 0) is 19.9 Å². The van der Waals surface area contributed by atoms with E-state index in [-0.39, 0.29) is 32.7 Å². The van der Waals surface area contributed by atoms with Gasteiger partial charge in [-0.1, -0.05) is 48.7 Å². The van der Waals surface area contributed by atoms with Gasteiger partial charge in [0, 0.05) is 18.2 Å². The Morgan fingerprint density at radius 3 is 1.72 bits per heavy atom. The zero-order valence-electron chi connectivity index (χ0n) is 16.1. The van der Waals surface area contributed by atoms with Crippen LogP contribution in [-0.4, -0.2) is 31.9 Å². The number of nitrogens with two attached hydrogens (primary N) is 1. The maximum atomic E-state index is 10.6. The van der Waals surface area contributed by atoms with E-state index in [1.807, 2.05) is 27.7 Å². The van der Waals surface area contributed by atoms with Gasteiger partial charge in [-0.25, -0.2) is 9.97 Å². The summed E-state index contributed by atoms with van der Waals surface area (Å²) in [6.07, 6.45) is 2.16. The summed E-state index contributed by atoms with van der Waals surface area (Å²) in [6.45, 7) is 7.66. The molecule has 0 amide bonds. The van der Waals surface area contributed by atoms with Gasteiger partial charge >= 0.3 is 11.4 Å². The summed E-state index contributed by atoms with van der Waals surface area (Å²) < 4.78 is 0. The average Bonchev–Trinajstić information content (AvgIpc) is 2.53. The monoisotopic (exact) mass is 466 g/mol. The zero-order valence-corrected chi connectivity index (χ0v) is 18.4. The fraction of sp³-hybridized carbons (Fsp3) is 0.375. The summed E-state index contributed by atoms with van der Waals surface area (Å²) >= 11 is 16.5. The quantitative estimate of drug-likeness (QED) is 0.357. The Labute approximate surface area is 182 Å². The lowest BCUT2D eigenvalue weighted by Gasteiger charge is -2.09. The van der Waals surface area contributed by atoms with E-state index in [2.05, 4.69) is 15.3 Å². The summed E-state index contributed by atoms with van der Waals surface area (Å²) in [5, 5.41) is 24.1. The Hall–Kier alpha value is -2.27. The third-order valence-corrected chi connectivity index (χ3v) is 3.20. The average molecular weight is 468 g/mol. The first-order chi connectivity index (χ1) is 13.3. The van der Waals surface area contributed by atoms with Gasteiger partial charge < -0.3 is 11.1 Å². The van der Waals surface area contributed by atoms with Gasteiger partial charge in [0.2, 0.25) is 0 Å². The minimum Gasteiger partial charge on any atom is -0.377 e. The fourth-order valence-electron chi connectivity index (χ4n) is 1.53. The van der Waals surface area contributed by atoms with Gasteiger partial charge in [0.1, 0.15) is 33.4 Å². The molecule has 2 aromatic rings. The summed E-state index contributed by atoms with van der Waals surface area (Å²) in [4.78, 5) is 26.8. The predicted molar refractivity (Wildman–Crippen MR) is 115 cm³/mol. The molecule has 0 saturated carbocycles. The molecule has 2 rings (SSSR count). The van der Waals surface area contributed by atoms with Crippen LogP contribution in [0.15, 0.2) is 24.5 Å². The molecule has 0 aliphatic carbocycles. The summed E-state index contributed by atoms with van der Waals surface area (Å²) in [7, 11) is 0. The van der Waals surface area contributed by atoms with E-state index in [4.69, 9.17) is 40.5 Å². The van der Waals surface area contributed by atoms with Crippen molar-refractivity contribution in [3.63, 3.8) is 0 Å². The Balaban J connectivity index is 0.000000466. The smallest absolute Gasteiger partial charge is 0.310 e. The maximum Gasteiger partial charge on any atom is 0.310 e. The second-order valence-electron chi connectivity index (χ2n) is 6.04. The molecular formula is C16H21Cl3N6O4. The second-order valence-corrected chi connectivity index (χ2v) is 7.22. The zero-order chi connectivity index (χ0) is 22.7. The molecule has 0 bridgehead atoms. The highest BCUT2D eigenvalue weighted by Crippen LogP contribution is 2.26. The lowest BCUT2D eigenvalue weighted by atomic mass is 10.3. The van der Waals surface area contributed by atoms with Crippen LogP contribution in [0.5, 0.6) is 0 Å². The topological polar surface area (TPSA) is 150 Å². The summed E-state index contributed by atoms with van der Waals surface area (Å²) in [6, 6.07) is 3.10. The van der Waals surface area contributed by atoms with Crippen LogP contribution in [0.3, 0.4) is 0 Å². The molecule has 0 saturated heterocycles. The number of nitrogens with zero attached hydrogens (tertiary/aromatic N) is 4. The lowest BCUT2D eigenvalue weighted by Crippen LogP contribution is -2.11. The Kier molecular flexibility index (Phi) is 12.0. The Morgan fingerprint density at radius 2 is 1.34 bits per heavy atom. The van der Waals surface area contributed by atoms with Crippen LogP contribution in [0.25, 0.3) is 0 Å². The van der Waals surface area contributed by atoms with Crippen LogP contribution < -0.4 is 11.1 Å². The highest BCUT2D eigenvalue weighted by Gasteiger charge is 2.15. The van der Waals surface area contributed by atoms with Crippen LogP contribution in [0.2, 0.25) is 15.3 Å². The van der Waals surface area contributed by atoms with Crippen molar-refractivity contribution >= 4 is 51.9 Å². The maximum absolute atomic E-state index is 10.6. The molecule has 0 atom stereocenters.